The Bertz CT molecular complexity index is 345. The molecule has 1 aliphatic heterocycles. The molecule has 2 heterocycles. The van der Waals surface area contributed by atoms with Crippen molar-refractivity contribution in [1.29, 1.82) is 0 Å². The van der Waals surface area contributed by atoms with Crippen LogP contribution in [0.3, 0.4) is 0 Å². The number of hydrogen-bond donors (Lipinski definition) is 2. The second kappa shape index (κ2) is 2.85. The van der Waals surface area contributed by atoms with Gasteiger partial charge in [0, 0.05) is 12.6 Å². The van der Waals surface area contributed by atoms with Crippen molar-refractivity contribution in [1.82, 2.24) is 15.1 Å². The van der Waals surface area contributed by atoms with Crippen LogP contribution in [0.5, 0.6) is 0 Å². The van der Waals surface area contributed by atoms with Gasteiger partial charge in [-0.25, -0.2) is 4.79 Å². The van der Waals surface area contributed by atoms with E-state index in [2.05, 4.69) is 10.4 Å². The molecule has 1 atom stereocenters. The Morgan fingerprint density at radius 2 is 2.62 bits per heavy atom. The first-order valence-electron chi connectivity index (χ1n) is 4.20. The summed E-state index contributed by atoms with van der Waals surface area (Å²) in [6.45, 7) is 3.48. The van der Waals surface area contributed by atoms with Crippen molar-refractivity contribution in [2.45, 2.75) is 26.1 Å². The van der Waals surface area contributed by atoms with E-state index in [1.807, 2.05) is 6.92 Å². The van der Waals surface area contributed by atoms with Crippen molar-refractivity contribution < 1.29 is 9.90 Å². The zero-order valence-corrected chi connectivity index (χ0v) is 7.32. The molecule has 2 rings (SSSR count). The topological polar surface area (TPSA) is 67.2 Å². The number of carboxylic acids is 1. The molecule has 1 aromatic rings. The highest BCUT2D eigenvalue weighted by Crippen LogP contribution is 2.10. The molecule has 70 valence electrons. The van der Waals surface area contributed by atoms with Crippen molar-refractivity contribution in [3.05, 3.63) is 17.5 Å². The Hall–Kier alpha value is -1.36. The highest BCUT2D eigenvalue weighted by Gasteiger charge is 2.18. The first kappa shape index (κ1) is 8.25. The minimum atomic E-state index is -0.963. The average Bonchev–Trinajstić information content (AvgIpc) is 2.46. The Morgan fingerprint density at radius 1 is 1.85 bits per heavy atom. The lowest BCUT2D eigenvalue weighted by atomic mass is 10.2. The van der Waals surface area contributed by atoms with Crippen molar-refractivity contribution in [2.24, 2.45) is 0 Å². The van der Waals surface area contributed by atoms with E-state index in [0.717, 1.165) is 12.2 Å². The predicted octanol–water partition coefficient (Wildman–Crippen LogP) is 0.0730. The first-order valence-corrected chi connectivity index (χ1v) is 4.20. The molecular formula is C8H11N3O2. The number of rotatable bonds is 1. The lowest BCUT2D eigenvalue weighted by molar-refractivity contribution is 0.0689. The number of aromatic carboxylic acids is 1. The number of hydrogen-bond acceptors (Lipinski definition) is 3. The maximum Gasteiger partial charge on any atom is 0.356 e. The first-order chi connectivity index (χ1) is 6.16. The molecule has 1 aliphatic rings. The summed E-state index contributed by atoms with van der Waals surface area (Å²) >= 11 is 0. The number of nitrogens with zero attached hydrogens (tertiary/aromatic N) is 2. The van der Waals surface area contributed by atoms with E-state index in [1.165, 1.54) is 0 Å². The number of carboxylic acid groups (broad SMARTS) is 1. The fraction of sp³-hybridized carbons (Fsp3) is 0.500. The van der Waals surface area contributed by atoms with Gasteiger partial charge in [0.1, 0.15) is 0 Å². The number of fused-ring (bicyclic) bond motifs is 1. The van der Waals surface area contributed by atoms with Crippen LogP contribution in [-0.4, -0.2) is 26.9 Å². The van der Waals surface area contributed by atoms with Gasteiger partial charge in [-0.15, -0.1) is 0 Å². The minimum Gasteiger partial charge on any atom is -0.476 e. The van der Waals surface area contributed by atoms with Crippen LogP contribution < -0.4 is 5.32 Å². The van der Waals surface area contributed by atoms with Crippen LogP contribution in [0.25, 0.3) is 0 Å². The van der Waals surface area contributed by atoms with Gasteiger partial charge in [-0.3, -0.25) is 4.68 Å². The van der Waals surface area contributed by atoms with E-state index in [1.54, 1.807) is 10.7 Å². The van der Waals surface area contributed by atoms with Crippen LogP contribution in [0.2, 0.25) is 0 Å². The van der Waals surface area contributed by atoms with Gasteiger partial charge in [-0.2, -0.15) is 5.10 Å². The van der Waals surface area contributed by atoms with E-state index >= 15 is 0 Å². The van der Waals surface area contributed by atoms with Crippen molar-refractivity contribution in [3.63, 3.8) is 0 Å². The highest BCUT2D eigenvalue weighted by molar-refractivity contribution is 5.85. The van der Waals surface area contributed by atoms with Crippen molar-refractivity contribution in [3.8, 4) is 0 Å². The zero-order chi connectivity index (χ0) is 9.42. The summed E-state index contributed by atoms with van der Waals surface area (Å²) in [5, 5.41) is 15.9. The fourth-order valence-electron chi connectivity index (χ4n) is 1.46. The Morgan fingerprint density at radius 3 is 3.31 bits per heavy atom. The van der Waals surface area contributed by atoms with Crippen LogP contribution in [0.1, 0.15) is 23.1 Å². The van der Waals surface area contributed by atoms with Gasteiger partial charge in [0.05, 0.1) is 12.2 Å². The van der Waals surface area contributed by atoms with E-state index in [4.69, 9.17) is 5.11 Å². The van der Waals surface area contributed by atoms with E-state index in [9.17, 15) is 4.79 Å². The molecule has 0 aromatic carbocycles. The molecule has 13 heavy (non-hydrogen) atoms. The smallest absolute Gasteiger partial charge is 0.356 e. The molecule has 2 N–H and O–H groups in total. The minimum absolute atomic E-state index is 0.130. The van der Waals surface area contributed by atoms with Crippen molar-refractivity contribution in [2.75, 3.05) is 0 Å². The Kier molecular flexibility index (Phi) is 1.81. The molecule has 0 unspecified atom stereocenters. The normalized spacial score (nSPS) is 21.2. The average molecular weight is 181 g/mol. The molecule has 5 heteroatoms. The van der Waals surface area contributed by atoms with Gasteiger partial charge in [0.2, 0.25) is 0 Å². The second-order valence-corrected chi connectivity index (χ2v) is 3.29. The summed E-state index contributed by atoms with van der Waals surface area (Å²) in [7, 11) is 0. The summed E-state index contributed by atoms with van der Waals surface area (Å²) in [5.41, 5.74) is 1.07. The third kappa shape index (κ3) is 1.42. The fourth-order valence-corrected chi connectivity index (χ4v) is 1.46. The van der Waals surface area contributed by atoms with E-state index < -0.39 is 5.97 Å². The third-order valence-corrected chi connectivity index (χ3v) is 2.16. The summed E-state index contributed by atoms with van der Waals surface area (Å²) < 4.78 is 1.75. The predicted molar refractivity (Wildman–Crippen MR) is 45.5 cm³/mol. The maximum atomic E-state index is 10.6. The monoisotopic (exact) mass is 181 g/mol. The molecule has 0 aliphatic carbocycles. The van der Waals surface area contributed by atoms with Crippen molar-refractivity contribution >= 4 is 5.97 Å². The summed E-state index contributed by atoms with van der Waals surface area (Å²) in [6.07, 6.45) is 0. The van der Waals surface area contributed by atoms with Crippen LogP contribution >= 0.6 is 0 Å². The number of nitrogens with one attached hydrogen (secondary N) is 1. The molecule has 0 radical (unpaired) electrons. The lowest BCUT2D eigenvalue weighted by Gasteiger charge is -2.21. The molecule has 0 amide bonds. The summed E-state index contributed by atoms with van der Waals surface area (Å²) in [6, 6.07) is 1.97. The standard InChI is InChI=1S/C8H11N3O2/c1-5-4-11-6(3-9-5)2-7(10-11)8(12)13/h2,5,9H,3-4H2,1H3,(H,12,13)/t5-/m1/s1. The quantitative estimate of drug-likeness (QED) is 0.643. The highest BCUT2D eigenvalue weighted by atomic mass is 16.4. The van der Waals surface area contributed by atoms with Gasteiger partial charge in [0.15, 0.2) is 5.69 Å². The molecule has 0 saturated heterocycles. The number of aromatic nitrogens is 2. The molecule has 0 fully saturated rings. The van der Waals surface area contributed by atoms with Crippen LogP contribution in [0.4, 0.5) is 0 Å². The molecule has 1 aromatic heterocycles. The van der Waals surface area contributed by atoms with Crippen LogP contribution in [0.15, 0.2) is 6.07 Å². The Balaban J connectivity index is 2.33. The second-order valence-electron chi connectivity index (χ2n) is 3.29. The largest absolute Gasteiger partial charge is 0.476 e. The van der Waals surface area contributed by atoms with Gasteiger partial charge in [-0.1, -0.05) is 0 Å². The summed E-state index contributed by atoms with van der Waals surface area (Å²) in [5.74, 6) is -0.963. The number of carbonyl (C=O) groups is 1. The molecular weight excluding hydrogens is 170 g/mol. The molecule has 0 spiro atoms. The van der Waals surface area contributed by atoms with Gasteiger partial charge < -0.3 is 10.4 Å². The van der Waals surface area contributed by atoms with Crippen LogP contribution in [-0.2, 0) is 13.1 Å². The Labute approximate surface area is 75.4 Å². The molecule has 5 nitrogen and oxygen atoms in total. The molecule has 0 saturated carbocycles. The van der Waals surface area contributed by atoms with Gasteiger partial charge in [0.25, 0.3) is 0 Å². The van der Waals surface area contributed by atoms with Gasteiger partial charge in [-0.05, 0) is 13.0 Å². The SMILES string of the molecule is C[C@@H]1Cn2nc(C(=O)O)cc2CN1. The van der Waals surface area contributed by atoms with E-state index in [0.29, 0.717) is 12.6 Å². The zero-order valence-electron chi connectivity index (χ0n) is 7.32. The lowest BCUT2D eigenvalue weighted by Crippen LogP contribution is -2.36. The summed E-state index contributed by atoms with van der Waals surface area (Å²) in [4.78, 5) is 10.6. The third-order valence-electron chi connectivity index (χ3n) is 2.16. The van der Waals surface area contributed by atoms with Gasteiger partial charge >= 0.3 is 5.97 Å². The molecule has 0 bridgehead atoms. The van der Waals surface area contributed by atoms with E-state index in [-0.39, 0.29) is 5.69 Å². The maximum absolute atomic E-state index is 10.6. The van der Waals surface area contributed by atoms with Crippen LogP contribution in [0, 0.1) is 0 Å².